The second kappa shape index (κ2) is 7.05. The second-order valence-electron chi connectivity index (χ2n) is 5.87. The van der Waals surface area contributed by atoms with Crippen LogP contribution in [0.4, 0.5) is 0 Å². The molecule has 3 atom stereocenters. The SMILES string of the molecule is CCCC1NC(c2cccc(C)c2)N(C(C)COC)C1=O. The van der Waals surface area contributed by atoms with Crippen molar-refractivity contribution < 1.29 is 9.53 Å². The molecule has 0 spiro atoms. The molecule has 0 radical (unpaired) electrons. The zero-order valence-corrected chi connectivity index (χ0v) is 13.4. The first-order chi connectivity index (χ1) is 10.1. The fraction of sp³-hybridized carbons (Fsp3) is 0.588. The first-order valence-corrected chi connectivity index (χ1v) is 7.72. The number of hydrogen-bond acceptors (Lipinski definition) is 3. The third kappa shape index (κ3) is 3.44. The summed E-state index contributed by atoms with van der Waals surface area (Å²) in [6.45, 7) is 6.78. The van der Waals surface area contributed by atoms with Crippen LogP contribution in [0.15, 0.2) is 24.3 Å². The van der Waals surface area contributed by atoms with Gasteiger partial charge in [0.1, 0.15) is 6.17 Å². The third-order valence-corrected chi connectivity index (χ3v) is 4.01. The molecule has 0 aliphatic carbocycles. The zero-order chi connectivity index (χ0) is 15.4. The van der Waals surface area contributed by atoms with E-state index in [1.807, 2.05) is 17.9 Å². The van der Waals surface area contributed by atoms with Crippen molar-refractivity contribution in [1.82, 2.24) is 10.2 Å². The molecule has 1 N–H and O–H groups in total. The van der Waals surface area contributed by atoms with Crippen molar-refractivity contribution in [2.24, 2.45) is 0 Å². The summed E-state index contributed by atoms with van der Waals surface area (Å²) in [5.74, 6) is 0.188. The zero-order valence-electron chi connectivity index (χ0n) is 13.4. The lowest BCUT2D eigenvalue weighted by Crippen LogP contribution is -2.41. The van der Waals surface area contributed by atoms with E-state index in [9.17, 15) is 4.79 Å². The van der Waals surface area contributed by atoms with Gasteiger partial charge in [-0.25, -0.2) is 0 Å². The summed E-state index contributed by atoms with van der Waals surface area (Å²) in [7, 11) is 1.68. The number of ether oxygens (including phenoxy) is 1. The molecule has 1 heterocycles. The average Bonchev–Trinajstić information content (AvgIpc) is 2.77. The minimum absolute atomic E-state index is 0.0564. The minimum Gasteiger partial charge on any atom is -0.383 e. The van der Waals surface area contributed by atoms with Crippen molar-refractivity contribution in [3.63, 3.8) is 0 Å². The van der Waals surface area contributed by atoms with E-state index in [1.54, 1.807) is 7.11 Å². The molecule has 4 heteroatoms. The van der Waals surface area contributed by atoms with Crippen LogP contribution in [0.5, 0.6) is 0 Å². The number of methoxy groups -OCH3 is 1. The number of nitrogens with zero attached hydrogens (tertiary/aromatic N) is 1. The van der Waals surface area contributed by atoms with Crippen LogP contribution in [0.3, 0.4) is 0 Å². The second-order valence-corrected chi connectivity index (χ2v) is 5.87. The Balaban J connectivity index is 2.29. The Morgan fingerprint density at radius 1 is 1.43 bits per heavy atom. The monoisotopic (exact) mass is 290 g/mol. The molecular weight excluding hydrogens is 264 g/mol. The molecule has 0 saturated carbocycles. The van der Waals surface area contributed by atoms with E-state index in [1.165, 1.54) is 5.56 Å². The predicted molar refractivity (Wildman–Crippen MR) is 83.9 cm³/mol. The molecule has 21 heavy (non-hydrogen) atoms. The van der Waals surface area contributed by atoms with Crippen LogP contribution < -0.4 is 5.32 Å². The Kier molecular flexibility index (Phi) is 5.37. The van der Waals surface area contributed by atoms with Crippen LogP contribution in [0.2, 0.25) is 0 Å². The maximum Gasteiger partial charge on any atom is 0.241 e. The highest BCUT2D eigenvalue weighted by Gasteiger charge is 2.41. The molecule has 0 aromatic heterocycles. The van der Waals surface area contributed by atoms with Crippen molar-refractivity contribution in [1.29, 1.82) is 0 Å². The number of rotatable bonds is 6. The van der Waals surface area contributed by atoms with E-state index in [-0.39, 0.29) is 24.2 Å². The Hall–Kier alpha value is -1.39. The van der Waals surface area contributed by atoms with Crippen LogP contribution in [0.1, 0.15) is 44.0 Å². The van der Waals surface area contributed by atoms with Crippen molar-refractivity contribution in [3.8, 4) is 0 Å². The van der Waals surface area contributed by atoms with Crippen molar-refractivity contribution in [2.45, 2.75) is 51.9 Å². The standard InChI is InChI=1S/C17H26N2O2/c1-5-7-15-17(20)19(13(3)11-21-4)16(18-15)14-9-6-8-12(2)10-14/h6,8-10,13,15-16,18H,5,7,11H2,1-4H3. The van der Waals surface area contributed by atoms with E-state index in [0.717, 1.165) is 18.4 Å². The van der Waals surface area contributed by atoms with Gasteiger partial charge in [0.2, 0.25) is 5.91 Å². The van der Waals surface area contributed by atoms with Crippen LogP contribution in [-0.4, -0.2) is 36.6 Å². The van der Waals surface area contributed by atoms with Gasteiger partial charge in [-0.1, -0.05) is 43.2 Å². The molecular formula is C17H26N2O2. The van der Waals surface area contributed by atoms with E-state index < -0.39 is 0 Å². The highest BCUT2D eigenvalue weighted by molar-refractivity contribution is 5.84. The maximum atomic E-state index is 12.7. The van der Waals surface area contributed by atoms with Crippen molar-refractivity contribution in [3.05, 3.63) is 35.4 Å². The van der Waals surface area contributed by atoms with Crippen molar-refractivity contribution in [2.75, 3.05) is 13.7 Å². The number of aryl methyl sites for hydroxylation is 1. The van der Waals surface area contributed by atoms with Gasteiger partial charge in [0.25, 0.3) is 0 Å². The molecule has 2 rings (SSSR count). The van der Waals surface area contributed by atoms with Crippen molar-refractivity contribution >= 4 is 5.91 Å². The smallest absolute Gasteiger partial charge is 0.241 e. The largest absolute Gasteiger partial charge is 0.383 e. The van der Waals surface area contributed by atoms with E-state index >= 15 is 0 Å². The number of hydrogen-bond donors (Lipinski definition) is 1. The maximum absolute atomic E-state index is 12.7. The molecule has 1 aliphatic heterocycles. The number of benzene rings is 1. The quantitative estimate of drug-likeness (QED) is 0.875. The lowest BCUT2D eigenvalue weighted by atomic mass is 10.1. The summed E-state index contributed by atoms with van der Waals surface area (Å²) in [6, 6.07) is 8.32. The third-order valence-electron chi connectivity index (χ3n) is 4.01. The first kappa shape index (κ1) is 16.0. The summed E-state index contributed by atoms with van der Waals surface area (Å²) in [5, 5.41) is 3.50. The van der Waals surface area contributed by atoms with Crippen LogP contribution in [0, 0.1) is 6.92 Å². The molecule has 1 aromatic carbocycles. The molecule has 1 fully saturated rings. The van der Waals surface area contributed by atoms with Gasteiger partial charge in [-0.05, 0) is 25.8 Å². The van der Waals surface area contributed by atoms with E-state index in [0.29, 0.717) is 6.61 Å². The lowest BCUT2D eigenvalue weighted by molar-refractivity contribution is -0.133. The van der Waals surface area contributed by atoms with E-state index in [4.69, 9.17) is 4.74 Å². The Morgan fingerprint density at radius 2 is 2.19 bits per heavy atom. The molecule has 1 saturated heterocycles. The Morgan fingerprint density at radius 3 is 2.81 bits per heavy atom. The van der Waals surface area contributed by atoms with Gasteiger partial charge < -0.3 is 9.64 Å². The summed E-state index contributed by atoms with van der Waals surface area (Å²) in [6.07, 6.45) is 1.81. The summed E-state index contributed by atoms with van der Waals surface area (Å²) >= 11 is 0. The average molecular weight is 290 g/mol. The normalized spacial score (nSPS) is 23.6. The molecule has 3 unspecified atom stereocenters. The molecule has 116 valence electrons. The molecule has 1 aliphatic rings. The van der Waals surface area contributed by atoms with Gasteiger partial charge in [-0.15, -0.1) is 0 Å². The molecule has 4 nitrogen and oxygen atoms in total. The van der Waals surface area contributed by atoms with Gasteiger partial charge in [-0.2, -0.15) is 0 Å². The minimum atomic E-state index is -0.0835. The molecule has 1 amide bonds. The predicted octanol–water partition coefficient (Wildman–Crippen LogP) is 2.63. The first-order valence-electron chi connectivity index (χ1n) is 7.72. The number of carbonyl (C=O) groups is 1. The summed E-state index contributed by atoms with van der Waals surface area (Å²) in [5.41, 5.74) is 2.35. The highest BCUT2D eigenvalue weighted by atomic mass is 16.5. The molecule has 0 bridgehead atoms. The van der Waals surface area contributed by atoms with Crippen LogP contribution in [-0.2, 0) is 9.53 Å². The number of carbonyl (C=O) groups excluding carboxylic acids is 1. The van der Waals surface area contributed by atoms with Crippen LogP contribution in [0.25, 0.3) is 0 Å². The Bertz CT molecular complexity index is 489. The number of nitrogens with one attached hydrogen (secondary N) is 1. The number of amides is 1. The van der Waals surface area contributed by atoms with Gasteiger partial charge in [0.15, 0.2) is 0 Å². The highest BCUT2D eigenvalue weighted by Crippen LogP contribution is 2.29. The topological polar surface area (TPSA) is 41.6 Å². The fourth-order valence-corrected chi connectivity index (χ4v) is 3.04. The van der Waals surface area contributed by atoms with Crippen LogP contribution >= 0.6 is 0 Å². The van der Waals surface area contributed by atoms with Gasteiger partial charge in [0, 0.05) is 7.11 Å². The van der Waals surface area contributed by atoms with Gasteiger partial charge in [-0.3, -0.25) is 10.1 Å². The van der Waals surface area contributed by atoms with E-state index in [2.05, 4.69) is 37.4 Å². The fourth-order valence-electron chi connectivity index (χ4n) is 3.04. The Labute approximate surface area is 127 Å². The van der Waals surface area contributed by atoms with Gasteiger partial charge in [0.05, 0.1) is 18.7 Å². The molecule has 1 aromatic rings. The van der Waals surface area contributed by atoms with Gasteiger partial charge >= 0.3 is 0 Å². The summed E-state index contributed by atoms with van der Waals surface area (Å²) < 4.78 is 5.25. The summed E-state index contributed by atoms with van der Waals surface area (Å²) in [4.78, 5) is 14.6. The lowest BCUT2D eigenvalue weighted by Gasteiger charge is -2.30.